The van der Waals surface area contributed by atoms with Crippen LogP contribution in [0.4, 0.5) is 16.2 Å². The first-order chi connectivity index (χ1) is 15.0. The zero-order chi connectivity index (χ0) is 22.2. The van der Waals surface area contributed by atoms with Gasteiger partial charge in [0.15, 0.2) is 5.11 Å². The highest BCUT2D eigenvalue weighted by atomic mass is 32.1. The van der Waals surface area contributed by atoms with E-state index in [4.69, 9.17) is 17.0 Å². The molecule has 0 unspecified atom stereocenters. The number of hydrogen-bond acceptors (Lipinski definition) is 4. The van der Waals surface area contributed by atoms with Crippen molar-refractivity contribution in [1.82, 2.24) is 15.1 Å². The van der Waals surface area contributed by atoms with Crippen LogP contribution in [0, 0.1) is 13.8 Å². The average Bonchev–Trinajstić information content (AvgIpc) is 2.76. The second-order valence-electron chi connectivity index (χ2n) is 7.66. The number of nitrogens with one attached hydrogen (secondary N) is 3. The van der Waals surface area contributed by atoms with Gasteiger partial charge in [0.2, 0.25) is 0 Å². The van der Waals surface area contributed by atoms with Crippen LogP contribution in [0.5, 0.6) is 5.75 Å². The number of aryl methyl sites for hydroxylation is 2. The quantitative estimate of drug-likeness (QED) is 0.597. The van der Waals surface area contributed by atoms with E-state index < -0.39 is 0 Å². The summed E-state index contributed by atoms with van der Waals surface area (Å²) in [4.78, 5) is 16.7. The Kier molecular flexibility index (Phi) is 8.08. The highest BCUT2D eigenvalue weighted by Gasteiger charge is 2.19. The van der Waals surface area contributed by atoms with Gasteiger partial charge in [-0.15, -0.1) is 0 Å². The predicted molar refractivity (Wildman–Crippen MR) is 130 cm³/mol. The zero-order valence-electron chi connectivity index (χ0n) is 18.4. The van der Waals surface area contributed by atoms with Gasteiger partial charge in [0.25, 0.3) is 0 Å². The van der Waals surface area contributed by atoms with Gasteiger partial charge in [-0.3, -0.25) is 4.90 Å². The Labute approximate surface area is 189 Å². The van der Waals surface area contributed by atoms with Gasteiger partial charge in [-0.05, 0) is 49.8 Å². The lowest BCUT2D eigenvalue weighted by Gasteiger charge is -2.36. The summed E-state index contributed by atoms with van der Waals surface area (Å²) in [5.74, 6) is 0.638. The molecule has 31 heavy (non-hydrogen) atoms. The molecular formula is C23H31N5O2S. The van der Waals surface area contributed by atoms with E-state index in [1.165, 1.54) is 11.1 Å². The molecule has 2 aromatic rings. The molecule has 1 fully saturated rings. The summed E-state index contributed by atoms with van der Waals surface area (Å²) >= 11 is 5.61. The summed E-state index contributed by atoms with van der Waals surface area (Å²) in [6, 6.07) is 13.4. The van der Waals surface area contributed by atoms with Crippen LogP contribution in [0.2, 0.25) is 0 Å². The number of urea groups is 1. The third kappa shape index (κ3) is 6.57. The Morgan fingerprint density at radius 2 is 1.77 bits per heavy atom. The molecule has 2 amide bonds. The van der Waals surface area contributed by atoms with Crippen molar-refractivity contribution in [2.75, 3.05) is 57.0 Å². The molecule has 0 aliphatic carbocycles. The molecule has 0 bridgehead atoms. The Bertz CT molecular complexity index is 913. The number of ether oxygens (including phenoxy) is 1. The van der Waals surface area contributed by atoms with Crippen molar-refractivity contribution in [2.24, 2.45) is 0 Å². The van der Waals surface area contributed by atoms with Crippen LogP contribution in [0.3, 0.4) is 0 Å². The number of benzene rings is 2. The number of nitrogens with zero attached hydrogens (tertiary/aromatic N) is 2. The Hall–Kier alpha value is -2.84. The topological polar surface area (TPSA) is 68.9 Å². The van der Waals surface area contributed by atoms with Crippen molar-refractivity contribution in [2.45, 2.75) is 13.8 Å². The van der Waals surface area contributed by atoms with Crippen LogP contribution in [-0.2, 0) is 0 Å². The summed E-state index contributed by atoms with van der Waals surface area (Å²) in [5, 5.41) is 9.87. The normalized spacial score (nSPS) is 14.1. The number of piperazine rings is 1. The Morgan fingerprint density at radius 1 is 1.03 bits per heavy atom. The van der Waals surface area contributed by atoms with Crippen LogP contribution in [-0.4, -0.2) is 67.3 Å². The van der Waals surface area contributed by atoms with Crippen molar-refractivity contribution in [1.29, 1.82) is 0 Å². The van der Waals surface area contributed by atoms with E-state index in [1.807, 2.05) is 24.3 Å². The summed E-state index contributed by atoms with van der Waals surface area (Å²) in [6.07, 6.45) is 0. The summed E-state index contributed by atoms with van der Waals surface area (Å²) < 4.78 is 5.25. The van der Waals surface area contributed by atoms with Crippen molar-refractivity contribution in [3.05, 3.63) is 53.6 Å². The van der Waals surface area contributed by atoms with Gasteiger partial charge < -0.3 is 25.6 Å². The molecule has 1 aliphatic rings. The molecule has 3 N–H and O–H groups in total. The number of hydrogen-bond donors (Lipinski definition) is 3. The van der Waals surface area contributed by atoms with Crippen molar-refractivity contribution in [3.63, 3.8) is 0 Å². The number of carbonyl (C=O) groups excluding carboxylic acids is 1. The lowest BCUT2D eigenvalue weighted by atomic mass is 10.1. The smallest absolute Gasteiger partial charge is 0.319 e. The van der Waals surface area contributed by atoms with Crippen molar-refractivity contribution < 1.29 is 9.53 Å². The van der Waals surface area contributed by atoms with E-state index in [1.54, 1.807) is 7.11 Å². The summed E-state index contributed by atoms with van der Waals surface area (Å²) in [5.41, 5.74) is 4.15. The average molecular weight is 442 g/mol. The minimum atomic E-state index is -0.234. The monoisotopic (exact) mass is 441 g/mol. The fourth-order valence-electron chi connectivity index (χ4n) is 3.56. The van der Waals surface area contributed by atoms with Gasteiger partial charge >= 0.3 is 6.03 Å². The molecule has 166 valence electrons. The number of carbonyl (C=O) groups is 1. The first kappa shape index (κ1) is 22.8. The fraction of sp³-hybridized carbons (Fsp3) is 0.391. The van der Waals surface area contributed by atoms with Gasteiger partial charge in [-0.2, -0.15) is 0 Å². The summed E-state index contributed by atoms with van der Waals surface area (Å²) in [7, 11) is 1.58. The molecule has 0 saturated carbocycles. The lowest BCUT2D eigenvalue weighted by Crippen LogP contribution is -2.51. The molecule has 8 heteroatoms. The number of amides is 2. The molecule has 0 radical (unpaired) electrons. The van der Waals surface area contributed by atoms with Crippen LogP contribution >= 0.6 is 12.2 Å². The minimum Gasteiger partial charge on any atom is -0.495 e. The van der Waals surface area contributed by atoms with Crippen LogP contribution in [0.25, 0.3) is 0 Å². The highest BCUT2D eigenvalue weighted by molar-refractivity contribution is 7.80. The molecule has 7 nitrogen and oxygen atoms in total. The third-order valence-corrected chi connectivity index (χ3v) is 5.71. The molecule has 0 atom stereocenters. The highest BCUT2D eigenvalue weighted by Crippen LogP contribution is 2.22. The van der Waals surface area contributed by atoms with Crippen molar-refractivity contribution in [3.8, 4) is 5.75 Å². The van der Waals surface area contributed by atoms with E-state index in [0.717, 1.165) is 43.5 Å². The molecule has 1 heterocycles. The van der Waals surface area contributed by atoms with E-state index in [2.05, 4.69) is 57.8 Å². The van der Waals surface area contributed by atoms with Gasteiger partial charge in [0.1, 0.15) is 5.75 Å². The van der Waals surface area contributed by atoms with E-state index in [9.17, 15) is 4.79 Å². The first-order valence-electron chi connectivity index (χ1n) is 10.5. The molecule has 0 aromatic heterocycles. The van der Waals surface area contributed by atoms with Gasteiger partial charge in [0, 0.05) is 45.0 Å². The maximum absolute atomic E-state index is 12.2. The van der Waals surface area contributed by atoms with Gasteiger partial charge in [0.05, 0.1) is 12.8 Å². The minimum absolute atomic E-state index is 0.234. The predicted octanol–water partition coefficient (Wildman–Crippen LogP) is 3.45. The Balaban J connectivity index is 1.37. The van der Waals surface area contributed by atoms with E-state index >= 15 is 0 Å². The summed E-state index contributed by atoms with van der Waals surface area (Å²) in [6.45, 7) is 9.10. The molecule has 1 saturated heterocycles. The number of anilines is 2. The number of para-hydroxylation sites is 2. The largest absolute Gasteiger partial charge is 0.495 e. The van der Waals surface area contributed by atoms with Crippen LogP contribution < -0.4 is 20.7 Å². The van der Waals surface area contributed by atoms with Gasteiger partial charge in [-0.25, -0.2) is 4.79 Å². The maximum Gasteiger partial charge on any atom is 0.319 e. The van der Waals surface area contributed by atoms with Crippen LogP contribution in [0.15, 0.2) is 42.5 Å². The fourth-order valence-corrected chi connectivity index (χ4v) is 3.86. The first-order valence-corrected chi connectivity index (χ1v) is 10.9. The Morgan fingerprint density at radius 3 is 2.48 bits per heavy atom. The van der Waals surface area contributed by atoms with Crippen molar-refractivity contribution >= 4 is 34.7 Å². The number of thiocarbonyl (C=S) groups is 1. The van der Waals surface area contributed by atoms with Gasteiger partial charge in [-0.1, -0.05) is 29.8 Å². The SMILES string of the molecule is COc1ccccc1NC(=O)NCCN1CCN(C(=S)Nc2ccc(C)cc2C)CC1. The molecule has 0 spiro atoms. The molecular weight excluding hydrogens is 410 g/mol. The number of rotatable bonds is 6. The lowest BCUT2D eigenvalue weighted by molar-refractivity contribution is 0.184. The second-order valence-corrected chi connectivity index (χ2v) is 8.05. The van der Waals surface area contributed by atoms with Crippen LogP contribution in [0.1, 0.15) is 11.1 Å². The molecule has 2 aromatic carbocycles. The third-order valence-electron chi connectivity index (χ3n) is 5.35. The zero-order valence-corrected chi connectivity index (χ0v) is 19.2. The van der Waals surface area contributed by atoms with E-state index in [0.29, 0.717) is 18.0 Å². The molecule has 3 rings (SSSR count). The number of methoxy groups -OCH3 is 1. The second kappa shape index (κ2) is 11.0. The maximum atomic E-state index is 12.2. The van der Waals surface area contributed by atoms with E-state index in [-0.39, 0.29) is 6.03 Å². The molecule has 1 aliphatic heterocycles. The standard InChI is InChI=1S/C23H31N5O2S/c1-17-8-9-19(18(2)16-17)26-23(31)28-14-12-27(13-15-28)11-10-24-22(29)25-20-6-4-5-7-21(20)30-3/h4-9,16H,10-15H2,1-3H3,(H,26,31)(H2,24,25,29).